The van der Waals surface area contributed by atoms with Gasteiger partial charge in [-0.2, -0.15) is 0 Å². The van der Waals surface area contributed by atoms with Crippen LogP contribution in [0.2, 0.25) is 0 Å². The van der Waals surface area contributed by atoms with Crippen LogP contribution in [0.5, 0.6) is 5.75 Å². The highest BCUT2D eigenvalue weighted by Crippen LogP contribution is 2.31. The van der Waals surface area contributed by atoms with Crippen molar-refractivity contribution < 1.29 is 4.74 Å². The molecular formula is C19H27N3OS2. The summed E-state index contributed by atoms with van der Waals surface area (Å²) in [5, 5.41) is 5.94. The Morgan fingerprint density at radius 2 is 2.16 bits per heavy atom. The lowest BCUT2D eigenvalue weighted by Crippen LogP contribution is -2.46. The van der Waals surface area contributed by atoms with Crippen LogP contribution in [0.25, 0.3) is 0 Å². The van der Waals surface area contributed by atoms with Gasteiger partial charge in [-0.25, -0.2) is 4.99 Å². The molecule has 0 bridgehead atoms. The number of thiocarbonyl (C=S) groups is 1. The van der Waals surface area contributed by atoms with E-state index in [2.05, 4.69) is 17.1 Å². The van der Waals surface area contributed by atoms with Crippen LogP contribution in [0.3, 0.4) is 0 Å². The van der Waals surface area contributed by atoms with Crippen LogP contribution in [0, 0.1) is 0 Å². The van der Waals surface area contributed by atoms with Gasteiger partial charge in [-0.05, 0) is 43.6 Å². The fourth-order valence-electron chi connectivity index (χ4n) is 3.29. The van der Waals surface area contributed by atoms with Crippen LogP contribution >= 0.6 is 24.0 Å². The van der Waals surface area contributed by atoms with E-state index in [0.29, 0.717) is 11.3 Å². The molecule has 136 valence electrons. The minimum Gasteiger partial charge on any atom is -0.497 e. The van der Waals surface area contributed by atoms with E-state index < -0.39 is 0 Å². The number of aliphatic imine (C=N–C) groups is 1. The van der Waals surface area contributed by atoms with Crippen molar-refractivity contribution >= 4 is 39.9 Å². The number of hydrogen-bond donors (Lipinski definition) is 1. The first kappa shape index (κ1) is 18.5. The molecule has 1 heterocycles. The normalized spacial score (nSPS) is 23.0. The first-order valence-electron chi connectivity index (χ1n) is 9.17. The van der Waals surface area contributed by atoms with Gasteiger partial charge in [0.15, 0.2) is 10.3 Å². The monoisotopic (exact) mass is 377 g/mol. The Labute approximate surface area is 160 Å². The zero-order valence-electron chi connectivity index (χ0n) is 15.0. The summed E-state index contributed by atoms with van der Waals surface area (Å²) in [7, 11) is 1.68. The van der Waals surface area contributed by atoms with Crippen LogP contribution in [0.1, 0.15) is 45.4 Å². The molecule has 25 heavy (non-hydrogen) atoms. The zero-order valence-corrected chi connectivity index (χ0v) is 16.7. The highest BCUT2D eigenvalue weighted by Gasteiger charge is 2.31. The van der Waals surface area contributed by atoms with Crippen LogP contribution in [0.15, 0.2) is 29.3 Å². The molecule has 6 heteroatoms. The van der Waals surface area contributed by atoms with Crippen molar-refractivity contribution in [2.45, 2.75) is 56.7 Å². The maximum Gasteiger partial charge on any atom is 0.175 e. The standard InChI is InChI=1S/C19H27N3OS2/c1-3-17-13-22(18(24)20-14-8-5-4-6-9-14)19(25-17)21-15-10-7-11-16(12-15)23-2/h7,10-12,14,17H,3-6,8-9,13H2,1-2H3,(H,20,24)/t17-/m1/s1. The largest absolute Gasteiger partial charge is 0.497 e. The van der Waals surface area contributed by atoms with Gasteiger partial charge < -0.3 is 10.1 Å². The molecule has 1 aliphatic carbocycles. The van der Waals surface area contributed by atoms with E-state index in [1.807, 2.05) is 36.0 Å². The van der Waals surface area contributed by atoms with Gasteiger partial charge in [-0.1, -0.05) is 44.0 Å². The van der Waals surface area contributed by atoms with Gasteiger partial charge in [0.05, 0.1) is 12.8 Å². The van der Waals surface area contributed by atoms with Gasteiger partial charge in [0, 0.05) is 23.9 Å². The van der Waals surface area contributed by atoms with Crippen molar-refractivity contribution in [3.63, 3.8) is 0 Å². The second-order valence-corrected chi connectivity index (χ2v) is 8.29. The van der Waals surface area contributed by atoms with Crippen molar-refractivity contribution in [1.29, 1.82) is 0 Å². The number of benzene rings is 1. The molecule has 1 aromatic rings. The fourth-order valence-corrected chi connectivity index (χ4v) is 4.82. The molecule has 1 saturated heterocycles. The van der Waals surface area contributed by atoms with Crippen LogP contribution in [-0.4, -0.2) is 40.1 Å². The van der Waals surface area contributed by atoms with Gasteiger partial charge in [-0.15, -0.1) is 0 Å². The van der Waals surface area contributed by atoms with E-state index >= 15 is 0 Å². The molecule has 4 nitrogen and oxygen atoms in total. The third-order valence-electron chi connectivity index (χ3n) is 4.80. The van der Waals surface area contributed by atoms with E-state index in [1.54, 1.807) is 7.11 Å². The molecule has 0 aromatic heterocycles. The van der Waals surface area contributed by atoms with Gasteiger partial charge in [-0.3, -0.25) is 4.90 Å². The Bertz CT molecular complexity index is 629. The first-order chi connectivity index (χ1) is 12.2. The van der Waals surface area contributed by atoms with Gasteiger partial charge >= 0.3 is 0 Å². The molecule has 0 unspecified atom stereocenters. The molecule has 0 spiro atoms. The smallest absolute Gasteiger partial charge is 0.175 e. The molecule has 2 aliphatic rings. The van der Waals surface area contributed by atoms with Crippen LogP contribution in [0.4, 0.5) is 5.69 Å². The minimum atomic E-state index is 0.519. The van der Waals surface area contributed by atoms with E-state index in [0.717, 1.165) is 34.7 Å². The molecule has 1 atom stereocenters. The number of nitrogens with zero attached hydrogens (tertiary/aromatic N) is 2. The van der Waals surface area contributed by atoms with Crippen molar-refractivity contribution in [3.05, 3.63) is 24.3 Å². The molecule has 1 aromatic carbocycles. The third-order valence-corrected chi connectivity index (χ3v) is 6.48. The predicted molar refractivity (Wildman–Crippen MR) is 111 cm³/mol. The number of methoxy groups -OCH3 is 1. The lowest BCUT2D eigenvalue weighted by Gasteiger charge is -2.28. The lowest BCUT2D eigenvalue weighted by atomic mass is 9.96. The zero-order chi connectivity index (χ0) is 17.6. The number of hydrogen-bond acceptors (Lipinski definition) is 4. The van der Waals surface area contributed by atoms with Gasteiger partial charge in [0.1, 0.15) is 5.75 Å². The Balaban J connectivity index is 1.75. The quantitative estimate of drug-likeness (QED) is 0.769. The van der Waals surface area contributed by atoms with E-state index in [4.69, 9.17) is 21.9 Å². The SMILES string of the molecule is CC[C@@H]1CN(C(=S)NC2CCCCC2)C(=Nc2cccc(OC)c2)S1. The Morgan fingerprint density at radius 1 is 1.36 bits per heavy atom. The summed E-state index contributed by atoms with van der Waals surface area (Å²) in [4.78, 5) is 7.04. The Morgan fingerprint density at radius 3 is 2.88 bits per heavy atom. The maximum atomic E-state index is 5.73. The predicted octanol–water partition coefficient (Wildman–Crippen LogP) is 4.72. The summed E-state index contributed by atoms with van der Waals surface area (Å²) in [5.74, 6) is 0.825. The van der Waals surface area contributed by atoms with Crippen molar-refractivity contribution in [3.8, 4) is 5.75 Å². The van der Waals surface area contributed by atoms with Crippen molar-refractivity contribution in [2.24, 2.45) is 4.99 Å². The summed E-state index contributed by atoms with van der Waals surface area (Å²) in [6.45, 7) is 3.16. The lowest BCUT2D eigenvalue weighted by molar-refractivity contribution is 0.405. The van der Waals surface area contributed by atoms with Crippen LogP contribution in [-0.2, 0) is 0 Å². The number of ether oxygens (including phenoxy) is 1. The number of nitrogens with one attached hydrogen (secondary N) is 1. The first-order valence-corrected chi connectivity index (χ1v) is 10.5. The van der Waals surface area contributed by atoms with Crippen molar-refractivity contribution in [1.82, 2.24) is 10.2 Å². The second kappa shape index (κ2) is 8.90. The number of rotatable bonds is 4. The van der Waals surface area contributed by atoms with Crippen LogP contribution < -0.4 is 10.1 Å². The number of amidine groups is 1. The summed E-state index contributed by atoms with van der Waals surface area (Å²) in [6.07, 6.45) is 7.52. The average molecular weight is 378 g/mol. The summed E-state index contributed by atoms with van der Waals surface area (Å²) >= 11 is 7.56. The molecule has 2 fully saturated rings. The van der Waals surface area contributed by atoms with E-state index in [-0.39, 0.29) is 0 Å². The van der Waals surface area contributed by atoms with Gasteiger partial charge in [0.25, 0.3) is 0 Å². The highest BCUT2D eigenvalue weighted by molar-refractivity contribution is 8.14. The topological polar surface area (TPSA) is 36.9 Å². The molecular weight excluding hydrogens is 350 g/mol. The summed E-state index contributed by atoms with van der Waals surface area (Å²) in [6, 6.07) is 8.39. The number of thioether (sulfide) groups is 1. The Hall–Kier alpha value is -1.27. The molecule has 0 radical (unpaired) electrons. The second-order valence-electron chi connectivity index (χ2n) is 6.64. The molecule has 0 amide bonds. The maximum absolute atomic E-state index is 5.73. The summed E-state index contributed by atoms with van der Waals surface area (Å²) in [5.41, 5.74) is 0.907. The molecule has 1 saturated carbocycles. The molecule has 1 aliphatic heterocycles. The minimum absolute atomic E-state index is 0.519. The molecule has 1 N–H and O–H groups in total. The summed E-state index contributed by atoms with van der Waals surface area (Å²) < 4.78 is 5.31. The van der Waals surface area contributed by atoms with Crippen molar-refractivity contribution in [2.75, 3.05) is 13.7 Å². The van der Waals surface area contributed by atoms with E-state index in [1.165, 1.54) is 32.1 Å². The van der Waals surface area contributed by atoms with E-state index in [9.17, 15) is 0 Å². The third kappa shape index (κ3) is 4.88. The fraction of sp³-hybridized carbons (Fsp3) is 0.579. The molecule has 3 rings (SSSR count). The van der Waals surface area contributed by atoms with Gasteiger partial charge in [0.2, 0.25) is 0 Å². The highest BCUT2D eigenvalue weighted by atomic mass is 32.2. The average Bonchev–Trinajstić information content (AvgIpc) is 3.06. The Kier molecular flexibility index (Phi) is 6.59.